The van der Waals surface area contributed by atoms with Crippen LogP contribution in [0.15, 0.2) is 24.3 Å². The maximum atomic E-state index is 11.2. The molecule has 78 valence electrons. The largest absolute Gasteiger partial charge is 0.352 e. The lowest BCUT2D eigenvalue weighted by Crippen LogP contribution is -2.51. The average molecular weight is 225 g/mol. The first-order valence-corrected chi connectivity index (χ1v) is 4.87. The number of carbonyl (C=O) groups excluding carboxylic acids is 2. The lowest BCUT2D eigenvalue weighted by Gasteiger charge is -2.27. The van der Waals surface area contributed by atoms with E-state index in [1.54, 1.807) is 23.1 Å². The number of nitrogens with one attached hydrogen (secondary N) is 1. The summed E-state index contributed by atoms with van der Waals surface area (Å²) in [5.74, 6) is -0.600. The molecule has 1 aromatic carbocycles. The molecule has 0 bridgehead atoms. The van der Waals surface area contributed by atoms with Gasteiger partial charge in [0.05, 0.1) is 23.8 Å². The Labute approximate surface area is 91.8 Å². The predicted molar refractivity (Wildman–Crippen MR) is 56.8 cm³/mol. The molecular formula is C10H9ClN2O2. The highest BCUT2D eigenvalue weighted by molar-refractivity contribution is 6.33. The minimum absolute atomic E-state index is 0.162. The van der Waals surface area contributed by atoms with Crippen LogP contribution in [0.5, 0.6) is 0 Å². The summed E-state index contributed by atoms with van der Waals surface area (Å²) in [6, 6.07) is 7.14. The van der Waals surface area contributed by atoms with Gasteiger partial charge in [0.1, 0.15) is 0 Å². The van der Waals surface area contributed by atoms with Crippen molar-refractivity contribution >= 4 is 29.1 Å². The number of rotatable bonds is 1. The van der Waals surface area contributed by atoms with E-state index in [0.29, 0.717) is 10.7 Å². The van der Waals surface area contributed by atoms with E-state index in [9.17, 15) is 9.59 Å². The molecule has 0 atom stereocenters. The molecule has 0 spiro atoms. The maximum absolute atomic E-state index is 11.2. The third kappa shape index (κ3) is 2.10. The standard InChI is InChI=1S/C10H9ClN2O2/c11-7-3-1-2-4-8(7)13-5-9(14)12-10(15)6-13/h1-4H,5-6H2,(H,12,14,15). The quantitative estimate of drug-likeness (QED) is 0.718. The van der Waals surface area contributed by atoms with Crippen LogP contribution in [-0.4, -0.2) is 24.9 Å². The Balaban J connectivity index is 2.27. The van der Waals surface area contributed by atoms with Crippen LogP contribution in [0.25, 0.3) is 0 Å². The molecule has 1 N–H and O–H groups in total. The fraction of sp³-hybridized carbons (Fsp3) is 0.200. The second-order valence-electron chi connectivity index (χ2n) is 3.28. The molecule has 0 aromatic heterocycles. The highest BCUT2D eigenvalue weighted by Gasteiger charge is 2.23. The van der Waals surface area contributed by atoms with Gasteiger partial charge >= 0.3 is 0 Å². The summed E-state index contributed by atoms with van der Waals surface area (Å²) in [6.45, 7) is 0.324. The predicted octanol–water partition coefficient (Wildman–Crippen LogP) is 0.803. The molecule has 1 heterocycles. The van der Waals surface area contributed by atoms with Crippen molar-refractivity contribution in [1.29, 1.82) is 0 Å². The molecule has 4 nitrogen and oxygen atoms in total. The van der Waals surface area contributed by atoms with Gasteiger partial charge in [-0.2, -0.15) is 0 Å². The zero-order valence-corrected chi connectivity index (χ0v) is 8.62. The fourth-order valence-corrected chi connectivity index (χ4v) is 1.77. The maximum Gasteiger partial charge on any atom is 0.246 e. The molecule has 0 radical (unpaired) electrons. The number of hydrogen-bond acceptors (Lipinski definition) is 3. The Hall–Kier alpha value is -1.55. The summed E-state index contributed by atoms with van der Waals surface area (Å²) in [5.41, 5.74) is 0.711. The summed E-state index contributed by atoms with van der Waals surface area (Å²) in [4.78, 5) is 24.0. The van der Waals surface area contributed by atoms with Crippen molar-refractivity contribution in [1.82, 2.24) is 5.32 Å². The molecule has 0 aliphatic carbocycles. The molecule has 1 aromatic rings. The van der Waals surface area contributed by atoms with Crippen LogP contribution in [0.1, 0.15) is 0 Å². The summed E-state index contributed by atoms with van der Waals surface area (Å²) < 4.78 is 0. The normalized spacial score (nSPS) is 16.5. The minimum atomic E-state index is -0.300. The van der Waals surface area contributed by atoms with Crippen molar-refractivity contribution in [3.8, 4) is 0 Å². The van der Waals surface area contributed by atoms with Gasteiger partial charge < -0.3 is 4.90 Å². The number of halogens is 1. The van der Waals surface area contributed by atoms with E-state index in [2.05, 4.69) is 5.32 Å². The van der Waals surface area contributed by atoms with Gasteiger partial charge in [0.15, 0.2) is 0 Å². The molecule has 1 aliphatic heterocycles. The average Bonchev–Trinajstić information content (AvgIpc) is 2.16. The molecule has 5 heteroatoms. The Morgan fingerprint density at radius 1 is 1.13 bits per heavy atom. The first-order chi connectivity index (χ1) is 7.16. The van der Waals surface area contributed by atoms with Gasteiger partial charge in [0, 0.05) is 0 Å². The van der Waals surface area contributed by atoms with Crippen LogP contribution in [0, 0.1) is 0 Å². The number of anilines is 1. The monoisotopic (exact) mass is 224 g/mol. The molecule has 1 fully saturated rings. The molecule has 15 heavy (non-hydrogen) atoms. The molecule has 1 saturated heterocycles. The second kappa shape index (κ2) is 3.90. The molecule has 0 unspecified atom stereocenters. The fourth-order valence-electron chi connectivity index (χ4n) is 1.52. The van der Waals surface area contributed by atoms with E-state index in [0.717, 1.165) is 0 Å². The Morgan fingerprint density at radius 3 is 2.33 bits per heavy atom. The van der Waals surface area contributed by atoms with Crippen LogP contribution in [0.4, 0.5) is 5.69 Å². The van der Waals surface area contributed by atoms with Crippen molar-refractivity contribution in [2.45, 2.75) is 0 Å². The first kappa shape index (κ1) is 9.98. The van der Waals surface area contributed by atoms with E-state index in [1.165, 1.54) is 0 Å². The number of piperazine rings is 1. The van der Waals surface area contributed by atoms with Gasteiger partial charge in [-0.15, -0.1) is 0 Å². The molecule has 0 saturated carbocycles. The highest BCUT2D eigenvalue weighted by atomic mass is 35.5. The number of carbonyl (C=O) groups is 2. The van der Waals surface area contributed by atoms with Crippen molar-refractivity contribution < 1.29 is 9.59 Å². The molecule has 1 aliphatic rings. The Morgan fingerprint density at radius 2 is 1.73 bits per heavy atom. The lowest BCUT2D eigenvalue weighted by molar-refractivity contribution is -0.130. The third-order valence-corrected chi connectivity index (χ3v) is 2.46. The van der Waals surface area contributed by atoms with E-state index in [4.69, 9.17) is 11.6 Å². The zero-order chi connectivity index (χ0) is 10.8. The number of hydrogen-bond donors (Lipinski definition) is 1. The van der Waals surface area contributed by atoms with Gasteiger partial charge in [0.25, 0.3) is 0 Å². The highest BCUT2D eigenvalue weighted by Crippen LogP contribution is 2.25. The van der Waals surface area contributed by atoms with Crippen molar-refractivity contribution in [2.24, 2.45) is 0 Å². The zero-order valence-electron chi connectivity index (χ0n) is 7.87. The van der Waals surface area contributed by atoms with Crippen molar-refractivity contribution in [3.05, 3.63) is 29.3 Å². The number of amides is 2. The van der Waals surface area contributed by atoms with Crippen LogP contribution in [0.3, 0.4) is 0 Å². The van der Waals surface area contributed by atoms with Crippen molar-refractivity contribution in [3.63, 3.8) is 0 Å². The SMILES string of the molecule is O=C1CN(c2ccccc2Cl)CC(=O)N1. The summed E-state index contributed by atoms with van der Waals surface area (Å²) in [6.07, 6.45) is 0. The van der Waals surface area contributed by atoms with Gasteiger partial charge in [-0.3, -0.25) is 14.9 Å². The third-order valence-electron chi connectivity index (χ3n) is 2.14. The number of nitrogens with zero attached hydrogens (tertiary/aromatic N) is 1. The van der Waals surface area contributed by atoms with E-state index < -0.39 is 0 Å². The number of para-hydroxylation sites is 1. The van der Waals surface area contributed by atoms with Gasteiger partial charge in [0.2, 0.25) is 11.8 Å². The Kier molecular flexibility index (Phi) is 2.60. The second-order valence-corrected chi connectivity index (χ2v) is 3.69. The Bertz CT molecular complexity index is 404. The van der Waals surface area contributed by atoms with E-state index in [-0.39, 0.29) is 24.9 Å². The number of imide groups is 1. The van der Waals surface area contributed by atoms with Crippen LogP contribution >= 0.6 is 11.6 Å². The van der Waals surface area contributed by atoms with Crippen molar-refractivity contribution in [2.75, 3.05) is 18.0 Å². The minimum Gasteiger partial charge on any atom is -0.352 e. The van der Waals surface area contributed by atoms with Crippen LogP contribution in [-0.2, 0) is 9.59 Å². The number of benzene rings is 1. The molecule has 2 amide bonds. The molecule has 2 rings (SSSR count). The smallest absolute Gasteiger partial charge is 0.246 e. The van der Waals surface area contributed by atoms with Crippen LogP contribution in [0.2, 0.25) is 5.02 Å². The summed E-state index contributed by atoms with van der Waals surface area (Å²) in [7, 11) is 0. The summed E-state index contributed by atoms with van der Waals surface area (Å²) in [5, 5.41) is 2.78. The van der Waals surface area contributed by atoms with Gasteiger partial charge in [-0.1, -0.05) is 23.7 Å². The van der Waals surface area contributed by atoms with Gasteiger partial charge in [-0.05, 0) is 12.1 Å². The topological polar surface area (TPSA) is 49.4 Å². The molecular weight excluding hydrogens is 216 g/mol. The van der Waals surface area contributed by atoms with Gasteiger partial charge in [-0.25, -0.2) is 0 Å². The summed E-state index contributed by atoms with van der Waals surface area (Å²) >= 11 is 5.97. The van der Waals surface area contributed by atoms with E-state index >= 15 is 0 Å². The van der Waals surface area contributed by atoms with Crippen LogP contribution < -0.4 is 10.2 Å². The van der Waals surface area contributed by atoms with E-state index in [1.807, 2.05) is 6.07 Å². The lowest BCUT2D eigenvalue weighted by atomic mass is 10.2. The first-order valence-electron chi connectivity index (χ1n) is 4.49.